The summed E-state index contributed by atoms with van der Waals surface area (Å²) in [6, 6.07) is 0.277. The molecule has 1 fully saturated rings. The molecule has 1 N–H and O–H groups in total. The first kappa shape index (κ1) is 16.4. The summed E-state index contributed by atoms with van der Waals surface area (Å²) in [5, 5.41) is 3.47. The highest BCUT2D eigenvalue weighted by Crippen LogP contribution is 2.28. The van der Waals surface area contributed by atoms with Crippen LogP contribution >= 0.6 is 0 Å². The van der Waals surface area contributed by atoms with Gasteiger partial charge >= 0.3 is 0 Å². The first-order valence-electron chi connectivity index (χ1n) is 7.66. The molecular weight excluding hydrogens is 240 g/mol. The molecule has 0 bridgehead atoms. The van der Waals surface area contributed by atoms with Gasteiger partial charge in [-0.1, -0.05) is 20.3 Å². The van der Waals surface area contributed by atoms with Crippen LogP contribution in [0.5, 0.6) is 0 Å². The predicted molar refractivity (Wildman–Crippen MR) is 78.2 cm³/mol. The van der Waals surface area contributed by atoms with E-state index in [1.807, 2.05) is 4.90 Å². The number of methoxy groups -OCH3 is 1. The molecule has 112 valence electrons. The summed E-state index contributed by atoms with van der Waals surface area (Å²) >= 11 is 0. The standard InChI is InChI=1S/C15H30N2O2/c1-5-8-15(9-7-10-16-15)14(18)17(11-12-19-4)13(3)6-2/h13,16H,5-12H2,1-4H3. The molecule has 1 aliphatic heterocycles. The summed E-state index contributed by atoms with van der Waals surface area (Å²) in [6.45, 7) is 8.67. The van der Waals surface area contributed by atoms with Gasteiger partial charge in [0.15, 0.2) is 0 Å². The fourth-order valence-electron chi connectivity index (χ4n) is 2.94. The van der Waals surface area contributed by atoms with Gasteiger partial charge in [-0.25, -0.2) is 0 Å². The number of hydrogen-bond acceptors (Lipinski definition) is 3. The van der Waals surface area contributed by atoms with Crippen molar-refractivity contribution in [1.82, 2.24) is 10.2 Å². The third-order valence-corrected chi connectivity index (χ3v) is 4.25. The fourth-order valence-corrected chi connectivity index (χ4v) is 2.94. The van der Waals surface area contributed by atoms with Crippen molar-refractivity contribution in [3.05, 3.63) is 0 Å². The lowest BCUT2D eigenvalue weighted by atomic mass is 9.89. The van der Waals surface area contributed by atoms with Crippen LogP contribution in [0.25, 0.3) is 0 Å². The summed E-state index contributed by atoms with van der Waals surface area (Å²) in [7, 11) is 1.69. The van der Waals surface area contributed by atoms with E-state index in [0.717, 1.165) is 38.6 Å². The topological polar surface area (TPSA) is 41.6 Å². The first-order chi connectivity index (χ1) is 9.11. The number of amides is 1. The Balaban J connectivity index is 2.82. The highest BCUT2D eigenvalue weighted by Gasteiger charge is 2.43. The zero-order valence-electron chi connectivity index (χ0n) is 13.0. The van der Waals surface area contributed by atoms with Crippen LogP contribution in [0.1, 0.15) is 52.9 Å². The third kappa shape index (κ3) is 3.93. The highest BCUT2D eigenvalue weighted by molar-refractivity contribution is 5.87. The van der Waals surface area contributed by atoms with E-state index in [1.165, 1.54) is 0 Å². The van der Waals surface area contributed by atoms with Gasteiger partial charge in [-0.15, -0.1) is 0 Å². The van der Waals surface area contributed by atoms with Crippen LogP contribution in [0.3, 0.4) is 0 Å². The number of nitrogens with zero attached hydrogens (tertiary/aromatic N) is 1. The van der Waals surface area contributed by atoms with Crippen molar-refractivity contribution in [2.75, 3.05) is 26.8 Å². The molecule has 0 radical (unpaired) electrons. The molecule has 0 aliphatic carbocycles. The summed E-state index contributed by atoms with van der Waals surface area (Å²) in [5.41, 5.74) is -0.314. The maximum Gasteiger partial charge on any atom is 0.243 e. The Bertz CT molecular complexity index is 275. The lowest BCUT2D eigenvalue weighted by Crippen LogP contribution is -2.57. The molecule has 0 aromatic heterocycles. The fraction of sp³-hybridized carbons (Fsp3) is 0.933. The van der Waals surface area contributed by atoms with Gasteiger partial charge < -0.3 is 15.0 Å². The molecule has 1 amide bonds. The second kappa shape index (κ2) is 7.85. The monoisotopic (exact) mass is 270 g/mol. The second-order valence-electron chi connectivity index (χ2n) is 5.61. The van der Waals surface area contributed by atoms with E-state index in [-0.39, 0.29) is 17.5 Å². The maximum absolute atomic E-state index is 13.0. The Morgan fingerprint density at radius 1 is 1.47 bits per heavy atom. The predicted octanol–water partition coefficient (Wildman–Crippen LogP) is 2.18. The molecule has 4 heteroatoms. The minimum atomic E-state index is -0.314. The quantitative estimate of drug-likeness (QED) is 0.735. The van der Waals surface area contributed by atoms with E-state index in [9.17, 15) is 4.79 Å². The zero-order chi connectivity index (χ0) is 14.3. The van der Waals surface area contributed by atoms with Crippen molar-refractivity contribution < 1.29 is 9.53 Å². The molecule has 1 aliphatic rings. The third-order valence-electron chi connectivity index (χ3n) is 4.25. The Morgan fingerprint density at radius 3 is 2.68 bits per heavy atom. The molecular formula is C15H30N2O2. The lowest BCUT2D eigenvalue weighted by Gasteiger charge is -2.37. The molecule has 0 aromatic carbocycles. The molecule has 0 aromatic rings. The van der Waals surface area contributed by atoms with Gasteiger partial charge in [-0.05, 0) is 39.2 Å². The molecule has 0 spiro atoms. The molecule has 19 heavy (non-hydrogen) atoms. The van der Waals surface area contributed by atoms with Crippen LogP contribution in [0.4, 0.5) is 0 Å². The summed E-state index contributed by atoms with van der Waals surface area (Å²) in [6.07, 6.45) is 5.03. The molecule has 2 atom stereocenters. The SMILES string of the molecule is CCCC1(C(=O)N(CCOC)C(C)CC)CCCN1. The average molecular weight is 270 g/mol. The number of ether oxygens (including phenoxy) is 1. The van der Waals surface area contributed by atoms with Gasteiger partial charge in [-0.3, -0.25) is 4.79 Å². The Labute approximate surface area is 117 Å². The molecule has 1 heterocycles. The van der Waals surface area contributed by atoms with E-state index < -0.39 is 0 Å². The normalized spacial score (nSPS) is 24.4. The van der Waals surface area contributed by atoms with E-state index >= 15 is 0 Å². The van der Waals surface area contributed by atoms with Crippen LogP contribution in [-0.4, -0.2) is 49.2 Å². The van der Waals surface area contributed by atoms with Gasteiger partial charge in [0.2, 0.25) is 5.91 Å². The van der Waals surface area contributed by atoms with E-state index in [4.69, 9.17) is 4.74 Å². The molecule has 1 saturated heterocycles. The van der Waals surface area contributed by atoms with Crippen LogP contribution in [0.2, 0.25) is 0 Å². The van der Waals surface area contributed by atoms with E-state index in [1.54, 1.807) is 7.11 Å². The average Bonchev–Trinajstić information content (AvgIpc) is 2.88. The maximum atomic E-state index is 13.0. The lowest BCUT2D eigenvalue weighted by molar-refractivity contribution is -0.141. The van der Waals surface area contributed by atoms with Gasteiger partial charge in [0.25, 0.3) is 0 Å². The second-order valence-corrected chi connectivity index (χ2v) is 5.61. The van der Waals surface area contributed by atoms with Crippen LogP contribution in [-0.2, 0) is 9.53 Å². The van der Waals surface area contributed by atoms with Gasteiger partial charge in [0, 0.05) is 19.7 Å². The van der Waals surface area contributed by atoms with Crippen molar-refractivity contribution >= 4 is 5.91 Å². The smallest absolute Gasteiger partial charge is 0.243 e. The molecule has 1 rings (SSSR count). The van der Waals surface area contributed by atoms with Crippen molar-refractivity contribution in [1.29, 1.82) is 0 Å². The summed E-state index contributed by atoms with van der Waals surface area (Å²) in [4.78, 5) is 15.0. The van der Waals surface area contributed by atoms with Crippen LogP contribution < -0.4 is 5.32 Å². The summed E-state index contributed by atoms with van der Waals surface area (Å²) in [5.74, 6) is 0.276. The van der Waals surface area contributed by atoms with Gasteiger partial charge in [0.05, 0.1) is 12.1 Å². The molecule has 4 nitrogen and oxygen atoms in total. The Kier molecular flexibility index (Phi) is 6.80. The van der Waals surface area contributed by atoms with Crippen LogP contribution in [0, 0.1) is 0 Å². The number of rotatable bonds is 8. The molecule has 0 saturated carbocycles. The molecule has 2 unspecified atom stereocenters. The Hall–Kier alpha value is -0.610. The minimum Gasteiger partial charge on any atom is -0.383 e. The first-order valence-corrected chi connectivity index (χ1v) is 7.66. The number of hydrogen-bond donors (Lipinski definition) is 1. The summed E-state index contributed by atoms with van der Waals surface area (Å²) < 4.78 is 5.16. The minimum absolute atomic E-state index is 0.276. The van der Waals surface area contributed by atoms with Crippen molar-refractivity contribution in [2.45, 2.75) is 64.5 Å². The largest absolute Gasteiger partial charge is 0.383 e. The van der Waals surface area contributed by atoms with Gasteiger partial charge in [0.1, 0.15) is 0 Å². The van der Waals surface area contributed by atoms with Crippen molar-refractivity contribution in [3.8, 4) is 0 Å². The van der Waals surface area contributed by atoms with E-state index in [2.05, 4.69) is 26.1 Å². The van der Waals surface area contributed by atoms with E-state index in [0.29, 0.717) is 13.2 Å². The zero-order valence-corrected chi connectivity index (χ0v) is 13.0. The number of nitrogens with one attached hydrogen (secondary N) is 1. The van der Waals surface area contributed by atoms with Gasteiger partial charge in [-0.2, -0.15) is 0 Å². The van der Waals surface area contributed by atoms with Crippen LogP contribution in [0.15, 0.2) is 0 Å². The number of carbonyl (C=O) groups excluding carboxylic acids is 1. The van der Waals surface area contributed by atoms with Crippen molar-refractivity contribution in [2.24, 2.45) is 0 Å². The highest BCUT2D eigenvalue weighted by atomic mass is 16.5. The Morgan fingerprint density at radius 2 is 2.21 bits per heavy atom. The number of carbonyl (C=O) groups is 1. The van der Waals surface area contributed by atoms with Crippen molar-refractivity contribution in [3.63, 3.8) is 0 Å².